The van der Waals surface area contributed by atoms with Crippen molar-refractivity contribution in [3.63, 3.8) is 0 Å². The quantitative estimate of drug-likeness (QED) is 0.400. The summed E-state index contributed by atoms with van der Waals surface area (Å²) < 4.78 is 2.71. The van der Waals surface area contributed by atoms with Gasteiger partial charge in [0.2, 0.25) is 5.91 Å². The summed E-state index contributed by atoms with van der Waals surface area (Å²) in [6, 6.07) is 23.7. The third-order valence-corrected chi connectivity index (χ3v) is 5.73. The van der Waals surface area contributed by atoms with E-state index in [1.807, 2.05) is 66.1 Å². The van der Waals surface area contributed by atoms with Crippen molar-refractivity contribution in [2.45, 2.75) is 13.5 Å². The van der Waals surface area contributed by atoms with Crippen molar-refractivity contribution in [3.8, 4) is 0 Å². The van der Waals surface area contributed by atoms with Gasteiger partial charge in [-0.25, -0.2) is 4.79 Å². The molecule has 2 aromatic heterocycles. The third kappa shape index (κ3) is 3.81. The molecule has 0 aliphatic carbocycles. The molecule has 0 saturated heterocycles. The number of benzene rings is 3. The van der Waals surface area contributed by atoms with E-state index in [1.165, 1.54) is 6.21 Å². The number of H-pyrrole nitrogens is 1. The molecule has 0 spiro atoms. The van der Waals surface area contributed by atoms with Crippen LogP contribution in [0.25, 0.3) is 21.8 Å². The van der Waals surface area contributed by atoms with E-state index < -0.39 is 11.2 Å². The predicted molar refractivity (Wildman–Crippen MR) is 134 cm³/mol. The fourth-order valence-electron chi connectivity index (χ4n) is 4.06. The number of aromatic nitrogens is 3. The van der Waals surface area contributed by atoms with Crippen LogP contribution in [0.2, 0.25) is 0 Å². The Morgan fingerprint density at radius 3 is 2.41 bits per heavy atom. The van der Waals surface area contributed by atoms with Crippen LogP contribution in [0.15, 0.2) is 93.6 Å². The Morgan fingerprint density at radius 2 is 1.62 bits per heavy atom. The van der Waals surface area contributed by atoms with Crippen molar-refractivity contribution in [2.24, 2.45) is 5.10 Å². The number of rotatable bonds is 5. The predicted octanol–water partition coefficient (Wildman–Crippen LogP) is 3.47. The zero-order chi connectivity index (χ0) is 23.7. The first-order valence-corrected chi connectivity index (χ1v) is 10.7. The highest BCUT2D eigenvalue weighted by molar-refractivity contribution is 6.02. The second-order valence-electron chi connectivity index (χ2n) is 7.85. The molecule has 168 valence electrons. The van der Waals surface area contributed by atoms with Gasteiger partial charge in [-0.05, 0) is 37.3 Å². The van der Waals surface area contributed by atoms with Crippen LogP contribution in [0, 0.1) is 6.92 Å². The largest absolute Gasteiger partial charge is 0.349 e. The van der Waals surface area contributed by atoms with Gasteiger partial charge in [0, 0.05) is 27.8 Å². The van der Waals surface area contributed by atoms with Crippen molar-refractivity contribution in [1.29, 1.82) is 0 Å². The maximum absolute atomic E-state index is 12.8. The Labute approximate surface area is 193 Å². The van der Waals surface area contributed by atoms with Gasteiger partial charge in [-0.3, -0.25) is 9.59 Å². The van der Waals surface area contributed by atoms with Crippen LogP contribution in [0.1, 0.15) is 11.3 Å². The molecule has 2 N–H and O–H groups in total. The van der Waals surface area contributed by atoms with Gasteiger partial charge in [0.25, 0.3) is 5.56 Å². The third-order valence-electron chi connectivity index (χ3n) is 5.73. The second kappa shape index (κ2) is 8.67. The smallest absolute Gasteiger partial charge is 0.335 e. The number of nitrogens with one attached hydrogen (secondary N) is 2. The summed E-state index contributed by atoms with van der Waals surface area (Å²) in [4.78, 5) is 40.7. The maximum Gasteiger partial charge on any atom is 0.349 e. The normalized spacial score (nSPS) is 11.4. The van der Waals surface area contributed by atoms with Crippen LogP contribution >= 0.6 is 0 Å². The standard InChI is InChI=1S/C26H21N5O3/c1-17-21(15-27-31-25(33)20-12-5-7-13-22(20)29-26(31)34)19-11-6-8-14-23(19)30(17)16-24(32)28-18-9-3-2-4-10-18/h2-15H,16H2,1H3,(H,28,32)(H,29,34). The zero-order valence-electron chi connectivity index (χ0n) is 18.4. The van der Waals surface area contributed by atoms with Crippen LogP contribution in [0.5, 0.6) is 0 Å². The Balaban J connectivity index is 1.54. The van der Waals surface area contributed by atoms with Crippen molar-refractivity contribution < 1.29 is 4.79 Å². The van der Waals surface area contributed by atoms with Crippen LogP contribution < -0.4 is 16.6 Å². The average molecular weight is 451 g/mol. The first-order chi connectivity index (χ1) is 16.5. The SMILES string of the molecule is Cc1c(C=Nn2c(=O)[nH]c3ccccc3c2=O)c2ccccc2n1CC(=O)Nc1ccccc1. The lowest BCUT2D eigenvalue weighted by Gasteiger charge is -2.09. The van der Waals surface area contributed by atoms with E-state index in [1.54, 1.807) is 24.3 Å². The monoisotopic (exact) mass is 451 g/mol. The van der Waals surface area contributed by atoms with Gasteiger partial charge >= 0.3 is 5.69 Å². The summed E-state index contributed by atoms with van der Waals surface area (Å²) >= 11 is 0. The minimum Gasteiger partial charge on any atom is -0.335 e. The fourth-order valence-corrected chi connectivity index (χ4v) is 4.06. The summed E-state index contributed by atoms with van der Waals surface area (Å²) in [5.41, 5.74) is 2.42. The molecule has 8 nitrogen and oxygen atoms in total. The van der Waals surface area contributed by atoms with Crippen LogP contribution in [0.3, 0.4) is 0 Å². The van der Waals surface area contributed by atoms with Crippen molar-refractivity contribution >= 4 is 39.6 Å². The van der Waals surface area contributed by atoms with E-state index in [0.717, 1.165) is 32.5 Å². The average Bonchev–Trinajstić information content (AvgIpc) is 3.10. The van der Waals surface area contributed by atoms with Crippen molar-refractivity contribution in [2.75, 3.05) is 5.32 Å². The van der Waals surface area contributed by atoms with E-state index in [4.69, 9.17) is 0 Å². The van der Waals surface area contributed by atoms with Gasteiger partial charge in [0.05, 0.1) is 17.1 Å². The van der Waals surface area contributed by atoms with E-state index in [2.05, 4.69) is 15.4 Å². The van der Waals surface area contributed by atoms with E-state index in [0.29, 0.717) is 10.9 Å². The number of aromatic amines is 1. The Bertz CT molecular complexity index is 1680. The number of carbonyl (C=O) groups excluding carboxylic acids is 1. The molecular formula is C26H21N5O3. The minimum atomic E-state index is -0.622. The molecule has 8 heteroatoms. The zero-order valence-corrected chi connectivity index (χ0v) is 18.4. The van der Waals surface area contributed by atoms with Gasteiger partial charge in [-0.15, -0.1) is 4.68 Å². The Morgan fingerprint density at radius 1 is 0.941 bits per heavy atom. The highest BCUT2D eigenvalue weighted by atomic mass is 16.2. The van der Waals surface area contributed by atoms with Crippen LogP contribution in [0.4, 0.5) is 5.69 Å². The molecule has 5 rings (SSSR count). The maximum atomic E-state index is 12.8. The van der Waals surface area contributed by atoms with Gasteiger partial charge in [0.1, 0.15) is 6.54 Å². The lowest BCUT2D eigenvalue weighted by atomic mass is 10.1. The summed E-state index contributed by atoms with van der Waals surface area (Å²) in [6.07, 6.45) is 1.49. The molecule has 0 atom stereocenters. The Hall–Kier alpha value is -4.72. The number of amides is 1. The molecule has 34 heavy (non-hydrogen) atoms. The molecule has 0 bridgehead atoms. The molecule has 0 radical (unpaired) electrons. The summed E-state index contributed by atoms with van der Waals surface area (Å²) in [6.45, 7) is 1.98. The number of hydrogen-bond donors (Lipinski definition) is 2. The van der Waals surface area contributed by atoms with Gasteiger partial charge in [-0.1, -0.05) is 48.5 Å². The van der Waals surface area contributed by atoms with Crippen LogP contribution in [-0.2, 0) is 11.3 Å². The minimum absolute atomic E-state index is 0.103. The molecule has 0 aliphatic heterocycles. The molecule has 3 aromatic carbocycles. The summed E-state index contributed by atoms with van der Waals surface area (Å²) in [5, 5.41) is 8.35. The molecule has 0 fully saturated rings. The van der Waals surface area contributed by atoms with E-state index in [9.17, 15) is 14.4 Å². The first kappa shape index (κ1) is 21.1. The lowest BCUT2D eigenvalue weighted by Crippen LogP contribution is -2.32. The van der Waals surface area contributed by atoms with Crippen molar-refractivity contribution in [3.05, 3.63) is 111 Å². The second-order valence-corrected chi connectivity index (χ2v) is 7.85. The highest BCUT2D eigenvalue weighted by Crippen LogP contribution is 2.24. The number of nitrogens with zero attached hydrogens (tertiary/aromatic N) is 3. The fraction of sp³-hybridized carbons (Fsp3) is 0.0769. The van der Waals surface area contributed by atoms with Crippen molar-refractivity contribution in [1.82, 2.24) is 14.2 Å². The molecule has 0 unspecified atom stereocenters. The number of anilines is 1. The van der Waals surface area contributed by atoms with Gasteiger partial charge in [-0.2, -0.15) is 5.10 Å². The topological polar surface area (TPSA) is 101 Å². The van der Waals surface area contributed by atoms with Gasteiger partial charge in [0.15, 0.2) is 0 Å². The first-order valence-electron chi connectivity index (χ1n) is 10.7. The number of hydrogen-bond acceptors (Lipinski definition) is 4. The number of carbonyl (C=O) groups is 1. The number of para-hydroxylation sites is 3. The lowest BCUT2D eigenvalue weighted by molar-refractivity contribution is -0.116. The molecule has 1 amide bonds. The highest BCUT2D eigenvalue weighted by Gasteiger charge is 2.15. The van der Waals surface area contributed by atoms with E-state index in [-0.39, 0.29) is 12.5 Å². The van der Waals surface area contributed by atoms with E-state index >= 15 is 0 Å². The number of fused-ring (bicyclic) bond motifs is 2. The molecule has 2 heterocycles. The summed E-state index contributed by atoms with van der Waals surface area (Å²) in [7, 11) is 0. The summed E-state index contributed by atoms with van der Waals surface area (Å²) in [5.74, 6) is -0.166. The molecule has 5 aromatic rings. The van der Waals surface area contributed by atoms with Crippen LogP contribution in [-0.4, -0.2) is 26.3 Å². The Kier molecular flexibility index (Phi) is 5.39. The molecular weight excluding hydrogens is 430 g/mol. The molecule has 0 saturated carbocycles. The molecule has 0 aliphatic rings. The van der Waals surface area contributed by atoms with Gasteiger partial charge < -0.3 is 14.9 Å².